The number of nitrogens with zero attached hydrogens (tertiary/aromatic N) is 3. The molecule has 0 unspecified atom stereocenters. The molecule has 0 amide bonds. The van der Waals surface area contributed by atoms with Crippen LogP contribution in [0.4, 0.5) is 0 Å². The van der Waals surface area contributed by atoms with Crippen LogP contribution >= 0.6 is 0 Å². The summed E-state index contributed by atoms with van der Waals surface area (Å²) in [5, 5.41) is 0. The molecule has 2 aromatic heterocycles. The van der Waals surface area contributed by atoms with Gasteiger partial charge in [-0.25, -0.2) is 0 Å². The van der Waals surface area contributed by atoms with Crippen molar-refractivity contribution in [2.24, 2.45) is 7.05 Å². The van der Waals surface area contributed by atoms with E-state index in [1.54, 1.807) is 0 Å². The van der Waals surface area contributed by atoms with Gasteiger partial charge in [0, 0.05) is 22.9 Å². The van der Waals surface area contributed by atoms with Gasteiger partial charge in [0.2, 0.25) is 6.33 Å². The predicted molar refractivity (Wildman–Crippen MR) is 293 cm³/mol. The van der Waals surface area contributed by atoms with E-state index in [1.165, 1.54) is 128 Å². The number of aryl methyl sites for hydroxylation is 7. The van der Waals surface area contributed by atoms with Crippen molar-refractivity contribution in [1.29, 1.82) is 0 Å². The van der Waals surface area contributed by atoms with E-state index in [4.69, 9.17) is 4.98 Å². The Balaban J connectivity index is 1.15. The van der Waals surface area contributed by atoms with E-state index >= 15 is 0 Å². The minimum atomic E-state index is -0.714. The second-order valence-electron chi connectivity index (χ2n) is 21.7. The van der Waals surface area contributed by atoms with E-state index in [9.17, 15) is 0 Å². The van der Waals surface area contributed by atoms with Gasteiger partial charge in [-0.3, -0.25) is 4.98 Å². The van der Waals surface area contributed by atoms with Gasteiger partial charge in [0.05, 0.1) is 23.6 Å². The monoisotopic (exact) mass is 929 g/mol. The largest absolute Gasteiger partial charge is 0.354 e. The standard InChI is InChI=1S/C69H59N3/c1-42(2)49-28-29-70-66(38-49)68(62-24-18-45(5)34-56(62)57-35-46(6)19-25-63(57)68)52-14-10-12-50(39-52)67(60-22-16-43(3)32-54(60)55-33-44(4)17-23-61(55)67)51-13-11-15-53(40-51)69(72-31-30-71(9)41-72)64-26-20-47(7)36-58(64)59-37-48(8)21-27-65(59)69/h10-40,42H,1-9H3. The molecule has 0 radical (unpaired) electrons. The molecule has 2 heterocycles. The summed E-state index contributed by atoms with van der Waals surface area (Å²) in [6.07, 6.45) is 10.1. The van der Waals surface area contributed by atoms with E-state index in [0.717, 1.165) is 5.69 Å². The maximum absolute atomic E-state index is 5.42. The molecule has 10 aromatic rings. The lowest BCUT2D eigenvalue weighted by Gasteiger charge is -2.38. The number of pyridine rings is 1. The van der Waals surface area contributed by atoms with E-state index in [1.807, 2.05) is 6.20 Å². The van der Waals surface area contributed by atoms with Gasteiger partial charge in [-0.1, -0.05) is 199 Å². The van der Waals surface area contributed by atoms with Crippen LogP contribution in [0.5, 0.6) is 0 Å². The van der Waals surface area contributed by atoms with Crippen molar-refractivity contribution in [1.82, 2.24) is 9.55 Å². The Labute approximate surface area is 425 Å². The zero-order valence-electron chi connectivity index (χ0n) is 42.8. The van der Waals surface area contributed by atoms with Gasteiger partial charge < -0.3 is 9.13 Å². The van der Waals surface area contributed by atoms with Crippen molar-refractivity contribution in [2.75, 3.05) is 0 Å². The molecule has 3 heteroatoms. The van der Waals surface area contributed by atoms with Gasteiger partial charge in [0.1, 0.15) is 0 Å². The van der Waals surface area contributed by atoms with Crippen molar-refractivity contribution < 1.29 is 4.57 Å². The van der Waals surface area contributed by atoms with Crippen LogP contribution in [0.25, 0.3) is 33.4 Å². The highest BCUT2D eigenvalue weighted by Gasteiger charge is 2.53. The van der Waals surface area contributed by atoms with Crippen molar-refractivity contribution in [3.63, 3.8) is 0 Å². The SMILES string of the molecule is Cc1ccc2c(c1)-c1cc(C)ccc1C2(c1cccc(C2(c3cc(C(C)C)ccn3)c3ccc(C)cc3-c3cc(C)ccc32)c1)c1cccc(C2(n3[c-][n+](C)cc3)c3ccc(C)cc3-c3cc(C)ccc32)c1. The third kappa shape index (κ3) is 5.97. The Bertz CT molecular complexity index is 3740. The highest BCUT2D eigenvalue weighted by molar-refractivity contribution is 5.90. The number of fused-ring (bicyclic) bond motifs is 9. The summed E-state index contributed by atoms with van der Waals surface area (Å²) in [7, 11) is 2.07. The Morgan fingerprint density at radius 1 is 0.431 bits per heavy atom. The first-order valence-corrected chi connectivity index (χ1v) is 25.7. The minimum Gasteiger partial charge on any atom is -0.354 e. The number of hydrogen-bond donors (Lipinski definition) is 0. The summed E-state index contributed by atoms with van der Waals surface area (Å²) in [6, 6.07) is 66.4. The predicted octanol–water partition coefficient (Wildman–Crippen LogP) is 15.0. The molecule has 3 nitrogen and oxygen atoms in total. The normalized spacial score (nSPS) is 14.9. The first-order valence-electron chi connectivity index (χ1n) is 25.7. The smallest absolute Gasteiger partial charge is 0.204 e. The van der Waals surface area contributed by atoms with Crippen LogP contribution < -0.4 is 4.57 Å². The van der Waals surface area contributed by atoms with E-state index < -0.39 is 16.4 Å². The Morgan fingerprint density at radius 3 is 1.22 bits per heavy atom. The van der Waals surface area contributed by atoms with Crippen LogP contribution in [0.3, 0.4) is 0 Å². The number of imidazole rings is 1. The fraction of sp³-hybridized carbons (Fsp3) is 0.188. The van der Waals surface area contributed by atoms with Crippen molar-refractivity contribution >= 4 is 0 Å². The molecule has 8 aromatic carbocycles. The molecule has 350 valence electrons. The maximum Gasteiger partial charge on any atom is 0.204 e. The summed E-state index contributed by atoms with van der Waals surface area (Å²) < 4.78 is 4.38. The molecule has 3 aliphatic carbocycles. The topological polar surface area (TPSA) is 21.7 Å². The summed E-state index contributed by atoms with van der Waals surface area (Å²) >= 11 is 0. The fourth-order valence-electron chi connectivity index (χ4n) is 13.5. The molecule has 0 aliphatic heterocycles. The van der Waals surface area contributed by atoms with Crippen molar-refractivity contribution in [3.05, 3.63) is 295 Å². The third-order valence-electron chi connectivity index (χ3n) is 16.7. The molecular weight excluding hydrogens is 871 g/mol. The molecule has 0 N–H and O–H groups in total. The molecule has 0 fully saturated rings. The van der Waals surface area contributed by atoms with Crippen LogP contribution in [0.15, 0.2) is 188 Å². The fourth-order valence-corrected chi connectivity index (χ4v) is 13.5. The Kier molecular flexibility index (Phi) is 9.68. The number of rotatable bonds is 7. The molecular formula is C69H59N3. The first-order chi connectivity index (χ1) is 34.8. The second kappa shape index (κ2) is 15.8. The van der Waals surface area contributed by atoms with Gasteiger partial charge in [-0.15, -0.1) is 0 Å². The summed E-state index contributed by atoms with van der Waals surface area (Å²) in [6.45, 7) is 17.9. The number of aromatic nitrogens is 3. The van der Waals surface area contributed by atoms with Crippen LogP contribution in [-0.2, 0) is 23.4 Å². The van der Waals surface area contributed by atoms with Crippen LogP contribution in [-0.4, -0.2) is 9.55 Å². The van der Waals surface area contributed by atoms with Gasteiger partial charge >= 0.3 is 0 Å². The second-order valence-corrected chi connectivity index (χ2v) is 21.7. The molecule has 0 saturated heterocycles. The average Bonchev–Trinajstić information content (AvgIpc) is 4.10. The lowest BCUT2D eigenvalue weighted by Crippen LogP contribution is -2.38. The van der Waals surface area contributed by atoms with E-state index in [-0.39, 0.29) is 0 Å². The maximum atomic E-state index is 5.42. The van der Waals surface area contributed by atoms with E-state index in [0.29, 0.717) is 5.92 Å². The highest BCUT2D eigenvalue weighted by Crippen LogP contribution is 2.61. The molecule has 0 saturated carbocycles. The Hall–Kier alpha value is -7.88. The zero-order valence-corrected chi connectivity index (χ0v) is 42.8. The summed E-state index contributed by atoms with van der Waals surface area (Å²) in [5.41, 5.74) is 27.9. The van der Waals surface area contributed by atoms with Gasteiger partial charge in [0.15, 0.2) is 5.54 Å². The van der Waals surface area contributed by atoms with Gasteiger partial charge in [-0.2, -0.15) is 0 Å². The minimum absolute atomic E-state index is 0.335. The summed E-state index contributed by atoms with van der Waals surface area (Å²) in [4.78, 5) is 5.42. The summed E-state index contributed by atoms with van der Waals surface area (Å²) in [5.74, 6) is 0.335. The third-order valence-corrected chi connectivity index (χ3v) is 16.7. The van der Waals surface area contributed by atoms with Gasteiger partial charge in [-0.05, 0) is 156 Å². The lowest BCUT2D eigenvalue weighted by molar-refractivity contribution is -0.675. The molecule has 0 spiro atoms. The van der Waals surface area contributed by atoms with Gasteiger partial charge in [0.25, 0.3) is 0 Å². The first kappa shape index (κ1) is 44.1. The Morgan fingerprint density at radius 2 is 0.806 bits per heavy atom. The number of benzene rings is 8. The zero-order chi connectivity index (χ0) is 49.4. The lowest BCUT2D eigenvalue weighted by atomic mass is 9.64. The van der Waals surface area contributed by atoms with Crippen molar-refractivity contribution in [3.8, 4) is 33.4 Å². The average molecular weight is 930 g/mol. The quantitative estimate of drug-likeness (QED) is 0.115. The van der Waals surface area contributed by atoms with Crippen LogP contribution in [0.2, 0.25) is 0 Å². The van der Waals surface area contributed by atoms with Crippen molar-refractivity contribution in [2.45, 2.75) is 77.7 Å². The molecule has 13 rings (SSSR count). The molecule has 0 bridgehead atoms. The van der Waals surface area contributed by atoms with Crippen LogP contribution in [0, 0.1) is 47.9 Å². The molecule has 72 heavy (non-hydrogen) atoms. The number of hydrogen-bond acceptors (Lipinski definition) is 1. The highest BCUT2D eigenvalue weighted by atomic mass is 15.2. The molecule has 3 aliphatic rings. The molecule has 0 atom stereocenters. The van der Waals surface area contributed by atoms with Crippen LogP contribution in [0.1, 0.15) is 120 Å². The van der Waals surface area contributed by atoms with E-state index in [2.05, 4.69) is 260 Å².